The summed E-state index contributed by atoms with van der Waals surface area (Å²) in [5.74, 6) is -0.487. The zero-order chi connectivity index (χ0) is 14.0. The highest BCUT2D eigenvalue weighted by Gasteiger charge is 2.39. The number of hydrogen-bond acceptors (Lipinski definition) is 3. The summed E-state index contributed by atoms with van der Waals surface area (Å²) in [6.07, 6.45) is 0. The second-order valence-electron chi connectivity index (χ2n) is 5.13. The normalized spacial score (nSPS) is 23.4. The van der Waals surface area contributed by atoms with Gasteiger partial charge in [0, 0.05) is 5.92 Å². The summed E-state index contributed by atoms with van der Waals surface area (Å²) in [6.45, 7) is 5.64. The van der Waals surface area contributed by atoms with Crippen LogP contribution in [-0.4, -0.2) is 29.4 Å². The molecule has 0 aromatic heterocycles. The molecule has 1 aliphatic heterocycles. The molecule has 1 aliphatic rings. The van der Waals surface area contributed by atoms with Gasteiger partial charge in [0.25, 0.3) is 0 Å². The number of ether oxygens (including phenoxy) is 1. The lowest BCUT2D eigenvalue weighted by Gasteiger charge is -2.40. The smallest absolute Gasteiger partial charge is 0.328 e. The van der Waals surface area contributed by atoms with E-state index in [1.165, 1.54) is 0 Å². The molecule has 0 spiro atoms. The van der Waals surface area contributed by atoms with Gasteiger partial charge < -0.3 is 9.64 Å². The maximum Gasteiger partial charge on any atom is 0.328 e. The average molecular weight is 261 g/mol. The summed E-state index contributed by atoms with van der Waals surface area (Å²) < 4.78 is 5.18. The Bertz CT molecular complexity index is 470. The van der Waals surface area contributed by atoms with Crippen LogP contribution < -0.4 is 0 Å². The number of amides is 1. The summed E-state index contributed by atoms with van der Waals surface area (Å²) in [4.78, 5) is 25.7. The van der Waals surface area contributed by atoms with Crippen molar-refractivity contribution in [3.63, 3.8) is 0 Å². The minimum atomic E-state index is -0.533. The maximum atomic E-state index is 12.4. The lowest BCUT2D eigenvalue weighted by molar-refractivity contribution is -0.170. The average Bonchev–Trinajstić information content (AvgIpc) is 2.41. The Balaban J connectivity index is 2.35. The summed E-state index contributed by atoms with van der Waals surface area (Å²) in [5, 5.41) is 0. The van der Waals surface area contributed by atoms with Crippen LogP contribution in [-0.2, 0) is 14.3 Å². The molecule has 2 rings (SSSR count). The number of morpholine rings is 1. The van der Waals surface area contributed by atoms with Gasteiger partial charge in [-0.05, 0) is 12.5 Å². The molecule has 4 heteroatoms. The molecule has 0 radical (unpaired) electrons. The predicted octanol–water partition coefficient (Wildman–Crippen LogP) is 2.16. The van der Waals surface area contributed by atoms with E-state index in [0.29, 0.717) is 0 Å². The summed E-state index contributed by atoms with van der Waals surface area (Å²) >= 11 is 0. The Morgan fingerprint density at radius 3 is 2.53 bits per heavy atom. The second kappa shape index (κ2) is 5.43. The number of esters is 1. The predicted molar refractivity (Wildman–Crippen MR) is 71.3 cm³/mol. The number of rotatable bonds is 2. The minimum Gasteiger partial charge on any atom is -0.462 e. The Kier molecular flexibility index (Phi) is 3.88. The van der Waals surface area contributed by atoms with E-state index >= 15 is 0 Å². The van der Waals surface area contributed by atoms with Gasteiger partial charge in [-0.25, -0.2) is 4.79 Å². The minimum absolute atomic E-state index is 0.0157. The van der Waals surface area contributed by atoms with Crippen LogP contribution >= 0.6 is 0 Å². The van der Waals surface area contributed by atoms with Crippen molar-refractivity contribution < 1.29 is 14.3 Å². The van der Waals surface area contributed by atoms with E-state index in [4.69, 9.17) is 4.74 Å². The van der Waals surface area contributed by atoms with Crippen LogP contribution in [0.3, 0.4) is 0 Å². The zero-order valence-corrected chi connectivity index (χ0v) is 11.5. The van der Waals surface area contributed by atoms with Crippen molar-refractivity contribution >= 4 is 11.9 Å². The Hall–Kier alpha value is -1.84. The number of hydrogen-bond donors (Lipinski definition) is 0. The lowest BCUT2D eigenvalue weighted by atomic mass is 10.00. The number of cyclic esters (lactones) is 1. The molecule has 102 valence electrons. The SMILES string of the molecule is CC(C)C(=O)N1[C@@H](C)C(=O)OC[C@H]1c1ccccc1. The van der Waals surface area contributed by atoms with E-state index in [9.17, 15) is 9.59 Å². The molecule has 1 aromatic carbocycles. The van der Waals surface area contributed by atoms with Crippen LogP contribution in [0.2, 0.25) is 0 Å². The summed E-state index contributed by atoms with van der Waals surface area (Å²) in [7, 11) is 0. The van der Waals surface area contributed by atoms with Gasteiger partial charge in [-0.15, -0.1) is 0 Å². The van der Waals surface area contributed by atoms with Crippen LogP contribution in [0.4, 0.5) is 0 Å². The van der Waals surface area contributed by atoms with Gasteiger partial charge in [0.15, 0.2) is 0 Å². The van der Waals surface area contributed by atoms with Crippen molar-refractivity contribution in [1.82, 2.24) is 4.90 Å². The fourth-order valence-corrected chi connectivity index (χ4v) is 2.32. The van der Waals surface area contributed by atoms with Gasteiger partial charge in [0.1, 0.15) is 12.6 Å². The first-order valence-electron chi connectivity index (χ1n) is 6.56. The Morgan fingerprint density at radius 1 is 1.32 bits per heavy atom. The summed E-state index contributed by atoms with van der Waals surface area (Å²) in [5.41, 5.74) is 0.996. The van der Waals surface area contributed by atoms with Crippen LogP contribution in [0.25, 0.3) is 0 Å². The first-order valence-corrected chi connectivity index (χ1v) is 6.56. The fourth-order valence-electron chi connectivity index (χ4n) is 2.32. The lowest BCUT2D eigenvalue weighted by Crippen LogP contribution is -2.53. The third-order valence-electron chi connectivity index (χ3n) is 3.41. The topological polar surface area (TPSA) is 46.6 Å². The third kappa shape index (κ3) is 2.62. The molecular weight excluding hydrogens is 242 g/mol. The van der Waals surface area contributed by atoms with Gasteiger partial charge in [-0.1, -0.05) is 44.2 Å². The molecule has 0 saturated carbocycles. The molecule has 1 heterocycles. The molecular formula is C15H19NO3. The molecule has 0 bridgehead atoms. The molecule has 1 saturated heterocycles. The quantitative estimate of drug-likeness (QED) is 0.766. The molecule has 0 N–H and O–H groups in total. The van der Waals surface area contributed by atoms with Gasteiger partial charge in [-0.2, -0.15) is 0 Å². The van der Waals surface area contributed by atoms with E-state index < -0.39 is 6.04 Å². The number of carbonyl (C=O) groups is 2. The van der Waals surface area contributed by atoms with E-state index in [2.05, 4.69) is 0 Å². The van der Waals surface area contributed by atoms with Crippen molar-refractivity contribution in [3.8, 4) is 0 Å². The van der Waals surface area contributed by atoms with Crippen molar-refractivity contribution in [2.45, 2.75) is 32.9 Å². The number of benzene rings is 1. The Labute approximate surface area is 113 Å². The number of nitrogens with zero attached hydrogens (tertiary/aromatic N) is 1. The molecule has 1 aromatic rings. The van der Waals surface area contributed by atoms with E-state index in [1.807, 2.05) is 44.2 Å². The van der Waals surface area contributed by atoms with Crippen LogP contribution in [0, 0.1) is 5.92 Å². The fraction of sp³-hybridized carbons (Fsp3) is 0.467. The molecule has 0 aliphatic carbocycles. The van der Waals surface area contributed by atoms with Crippen molar-refractivity contribution in [2.24, 2.45) is 5.92 Å². The van der Waals surface area contributed by atoms with Crippen molar-refractivity contribution in [1.29, 1.82) is 0 Å². The van der Waals surface area contributed by atoms with E-state index in [-0.39, 0.29) is 30.4 Å². The first-order chi connectivity index (χ1) is 9.02. The van der Waals surface area contributed by atoms with Crippen LogP contribution in [0.15, 0.2) is 30.3 Å². The highest BCUT2D eigenvalue weighted by molar-refractivity contribution is 5.86. The molecule has 1 fully saturated rings. The Morgan fingerprint density at radius 2 is 1.95 bits per heavy atom. The van der Waals surface area contributed by atoms with E-state index in [0.717, 1.165) is 5.56 Å². The first kappa shape index (κ1) is 13.6. The van der Waals surface area contributed by atoms with Crippen molar-refractivity contribution in [2.75, 3.05) is 6.61 Å². The van der Waals surface area contributed by atoms with E-state index in [1.54, 1.807) is 11.8 Å². The standard InChI is InChI=1S/C15H19NO3/c1-10(2)14(17)16-11(3)15(18)19-9-13(16)12-7-5-4-6-8-12/h4-8,10-11,13H,9H2,1-3H3/t11-,13-/m0/s1. The van der Waals surface area contributed by atoms with Gasteiger partial charge in [0.2, 0.25) is 5.91 Å². The zero-order valence-electron chi connectivity index (χ0n) is 11.5. The van der Waals surface area contributed by atoms with Crippen molar-refractivity contribution in [3.05, 3.63) is 35.9 Å². The monoisotopic (exact) mass is 261 g/mol. The molecule has 1 amide bonds. The van der Waals surface area contributed by atoms with Gasteiger partial charge >= 0.3 is 5.97 Å². The highest BCUT2D eigenvalue weighted by Crippen LogP contribution is 2.29. The third-order valence-corrected chi connectivity index (χ3v) is 3.41. The number of carbonyl (C=O) groups excluding carboxylic acids is 2. The van der Waals surface area contributed by atoms with Crippen LogP contribution in [0.5, 0.6) is 0 Å². The van der Waals surface area contributed by atoms with Gasteiger partial charge in [0.05, 0.1) is 6.04 Å². The largest absolute Gasteiger partial charge is 0.462 e. The second-order valence-corrected chi connectivity index (χ2v) is 5.13. The van der Waals surface area contributed by atoms with Gasteiger partial charge in [-0.3, -0.25) is 4.79 Å². The molecule has 4 nitrogen and oxygen atoms in total. The molecule has 0 unspecified atom stereocenters. The highest BCUT2D eigenvalue weighted by atomic mass is 16.5. The summed E-state index contributed by atoms with van der Waals surface area (Å²) in [6, 6.07) is 8.96. The van der Waals surface area contributed by atoms with Crippen LogP contribution in [0.1, 0.15) is 32.4 Å². The molecule has 2 atom stereocenters. The maximum absolute atomic E-state index is 12.4. The molecule has 19 heavy (non-hydrogen) atoms.